The number of hydrogen-bond acceptors (Lipinski definition) is 7. The summed E-state index contributed by atoms with van der Waals surface area (Å²) in [5.41, 5.74) is 5.62. The fraction of sp³-hybridized carbons (Fsp3) is 0.0667. The summed E-state index contributed by atoms with van der Waals surface area (Å²) < 4.78 is 10.2. The monoisotopic (exact) mass is 298 g/mol. The Labute approximate surface area is 123 Å². The van der Waals surface area contributed by atoms with Crippen molar-refractivity contribution >= 4 is 29.0 Å². The van der Waals surface area contributed by atoms with E-state index in [9.17, 15) is 14.4 Å². The van der Waals surface area contributed by atoms with Crippen molar-refractivity contribution in [1.82, 2.24) is 4.98 Å². The molecule has 0 spiro atoms. The third-order valence-corrected chi connectivity index (χ3v) is 3.26. The van der Waals surface area contributed by atoms with Crippen LogP contribution in [0.1, 0.15) is 20.7 Å². The van der Waals surface area contributed by atoms with Crippen molar-refractivity contribution in [2.24, 2.45) is 0 Å². The normalized spacial score (nSPS) is 10.8. The standard InChI is InChI=1S/C15H10N2O5/c1-21-15(20)11-12(16)8(19)5-10-14(11)17-13-7(6-18)3-2-4-9(13)22-10/h2-6H,16H2,1H3. The van der Waals surface area contributed by atoms with Crippen LogP contribution in [0.3, 0.4) is 0 Å². The van der Waals surface area contributed by atoms with Crippen LogP contribution in [0.25, 0.3) is 22.6 Å². The number of fused-ring (bicyclic) bond motifs is 2. The molecule has 0 atom stereocenters. The zero-order valence-corrected chi connectivity index (χ0v) is 11.5. The maximum absolute atomic E-state index is 11.9. The molecule has 0 saturated carbocycles. The number of aromatic nitrogens is 1. The number of aldehydes is 1. The zero-order valence-electron chi connectivity index (χ0n) is 11.5. The number of anilines is 1. The average molecular weight is 298 g/mol. The van der Waals surface area contributed by atoms with Gasteiger partial charge in [-0.1, -0.05) is 6.07 Å². The van der Waals surface area contributed by atoms with Gasteiger partial charge in [0.1, 0.15) is 16.8 Å². The topological polar surface area (TPSA) is 112 Å². The van der Waals surface area contributed by atoms with Crippen LogP contribution in [0, 0.1) is 0 Å². The number of nitrogens with zero attached hydrogens (tertiary/aromatic N) is 1. The summed E-state index contributed by atoms with van der Waals surface area (Å²) in [5, 5.41) is 0. The highest BCUT2D eigenvalue weighted by molar-refractivity contribution is 6.03. The molecule has 7 nitrogen and oxygen atoms in total. The molecule has 7 heteroatoms. The molecule has 2 N–H and O–H groups in total. The van der Waals surface area contributed by atoms with Crippen LogP contribution in [-0.4, -0.2) is 24.3 Å². The Hall–Kier alpha value is -3.22. The van der Waals surface area contributed by atoms with E-state index in [-0.39, 0.29) is 28.2 Å². The SMILES string of the molecule is COC(=O)c1c2nc3c(C=O)cccc3oc-2cc(=O)c1N. The smallest absolute Gasteiger partial charge is 0.342 e. The van der Waals surface area contributed by atoms with Crippen molar-refractivity contribution in [2.75, 3.05) is 12.8 Å². The molecule has 110 valence electrons. The second kappa shape index (κ2) is 4.96. The molecule has 0 amide bonds. The van der Waals surface area contributed by atoms with Crippen LogP contribution in [0.2, 0.25) is 0 Å². The maximum Gasteiger partial charge on any atom is 0.342 e. The van der Waals surface area contributed by atoms with Crippen LogP contribution in [-0.2, 0) is 4.74 Å². The molecule has 0 bridgehead atoms. The van der Waals surface area contributed by atoms with Crippen molar-refractivity contribution in [3.05, 3.63) is 45.6 Å². The summed E-state index contributed by atoms with van der Waals surface area (Å²) in [6, 6.07) is 5.94. The van der Waals surface area contributed by atoms with Crippen molar-refractivity contribution in [2.45, 2.75) is 0 Å². The number of benzene rings is 2. The van der Waals surface area contributed by atoms with E-state index in [0.717, 1.165) is 6.07 Å². The Kier molecular flexibility index (Phi) is 3.10. The van der Waals surface area contributed by atoms with Gasteiger partial charge in [-0.05, 0) is 12.1 Å². The van der Waals surface area contributed by atoms with E-state index in [1.54, 1.807) is 18.2 Å². The van der Waals surface area contributed by atoms with Gasteiger partial charge in [0.15, 0.2) is 17.6 Å². The number of ether oxygens (including phenoxy) is 1. The van der Waals surface area contributed by atoms with Gasteiger partial charge in [-0.15, -0.1) is 0 Å². The molecule has 1 aromatic carbocycles. The first-order chi connectivity index (χ1) is 10.6. The third-order valence-electron chi connectivity index (χ3n) is 3.26. The second-order valence-corrected chi connectivity index (χ2v) is 4.53. The molecule has 1 aromatic rings. The molecule has 3 rings (SSSR count). The Bertz CT molecular complexity index is 945. The lowest BCUT2D eigenvalue weighted by Gasteiger charge is -2.12. The van der Waals surface area contributed by atoms with Crippen molar-refractivity contribution in [1.29, 1.82) is 0 Å². The van der Waals surface area contributed by atoms with Crippen LogP contribution in [0.4, 0.5) is 5.69 Å². The van der Waals surface area contributed by atoms with E-state index in [2.05, 4.69) is 9.72 Å². The number of rotatable bonds is 2. The quantitative estimate of drug-likeness (QED) is 0.330. The van der Waals surface area contributed by atoms with Gasteiger partial charge in [-0.2, -0.15) is 0 Å². The van der Waals surface area contributed by atoms with E-state index in [1.165, 1.54) is 7.11 Å². The Morgan fingerprint density at radius 2 is 2.18 bits per heavy atom. The van der Waals surface area contributed by atoms with E-state index in [0.29, 0.717) is 17.4 Å². The first kappa shape index (κ1) is 13.7. The van der Waals surface area contributed by atoms with Gasteiger partial charge in [-0.25, -0.2) is 9.78 Å². The molecule has 0 fully saturated rings. The predicted octanol–water partition coefficient (Wildman–Crippen LogP) is 1.47. The van der Waals surface area contributed by atoms with Gasteiger partial charge < -0.3 is 14.9 Å². The van der Waals surface area contributed by atoms with Crippen LogP contribution < -0.4 is 11.2 Å². The van der Waals surface area contributed by atoms with Gasteiger partial charge >= 0.3 is 5.97 Å². The Morgan fingerprint density at radius 1 is 1.41 bits per heavy atom. The summed E-state index contributed by atoms with van der Waals surface area (Å²) in [5.74, 6) is -0.707. The Balaban J connectivity index is 2.52. The minimum absolute atomic E-state index is 0.0748. The molecular weight excluding hydrogens is 288 g/mol. The molecule has 1 aliphatic carbocycles. The van der Waals surface area contributed by atoms with E-state index >= 15 is 0 Å². The molecule has 0 aromatic heterocycles. The van der Waals surface area contributed by atoms with Crippen molar-refractivity contribution in [3.8, 4) is 11.5 Å². The number of nitrogen functional groups attached to an aromatic ring is 1. The first-order valence-electron chi connectivity index (χ1n) is 6.26. The zero-order chi connectivity index (χ0) is 15.9. The highest BCUT2D eigenvalue weighted by Gasteiger charge is 2.25. The fourth-order valence-corrected chi connectivity index (χ4v) is 2.20. The molecule has 1 aliphatic heterocycles. The largest absolute Gasteiger partial charge is 0.465 e. The van der Waals surface area contributed by atoms with Gasteiger partial charge in [-0.3, -0.25) is 9.59 Å². The summed E-state index contributed by atoms with van der Waals surface area (Å²) in [7, 11) is 1.17. The minimum atomic E-state index is -0.800. The first-order valence-corrected chi connectivity index (χ1v) is 6.26. The molecule has 0 radical (unpaired) electrons. The highest BCUT2D eigenvalue weighted by Crippen LogP contribution is 2.30. The summed E-state index contributed by atoms with van der Waals surface area (Å²) >= 11 is 0. The molecular formula is C15H10N2O5. The molecule has 22 heavy (non-hydrogen) atoms. The molecule has 2 aliphatic rings. The van der Waals surface area contributed by atoms with Crippen LogP contribution >= 0.6 is 0 Å². The van der Waals surface area contributed by atoms with Gasteiger partial charge in [0.25, 0.3) is 0 Å². The molecule has 0 saturated heterocycles. The number of hydrogen-bond donors (Lipinski definition) is 1. The van der Waals surface area contributed by atoms with Crippen LogP contribution in [0.5, 0.6) is 0 Å². The third kappa shape index (κ3) is 1.91. The van der Waals surface area contributed by atoms with Gasteiger partial charge in [0.2, 0.25) is 5.43 Å². The van der Waals surface area contributed by atoms with E-state index in [1.807, 2.05) is 0 Å². The number of carbonyl (C=O) groups excluding carboxylic acids is 2. The minimum Gasteiger partial charge on any atom is -0.465 e. The number of carbonyl (C=O) groups is 2. The second-order valence-electron chi connectivity index (χ2n) is 4.53. The fourth-order valence-electron chi connectivity index (χ4n) is 2.20. The number of nitrogens with two attached hydrogens (primary N) is 1. The average Bonchev–Trinajstić information content (AvgIpc) is 2.53. The lowest BCUT2D eigenvalue weighted by molar-refractivity contribution is 0.0602. The molecule has 0 unspecified atom stereocenters. The van der Waals surface area contributed by atoms with Crippen LogP contribution in [0.15, 0.2) is 33.5 Å². The number of esters is 1. The van der Waals surface area contributed by atoms with E-state index < -0.39 is 11.4 Å². The van der Waals surface area contributed by atoms with Gasteiger partial charge in [0, 0.05) is 11.6 Å². The molecule has 1 heterocycles. The summed E-state index contributed by atoms with van der Waals surface area (Å²) in [4.78, 5) is 39.1. The lowest BCUT2D eigenvalue weighted by atomic mass is 10.1. The summed E-state index contributed by atoms with van der Waals surface area (Å²) in [6.07, 6.45) is 0.625. The Morgan fingerprint density at radius 3 is 2.86 bits per heavy atom. The lowest BCUT2D eigenvalue weighted by Crippen LogP contribution is -2.18. The maximum atomic E-state index is 11.9. The van der Waals surface area contributed by atoms with Gasteiger partial charge in [0.05, 0.1) is 12.8 Å². The number of para-hydroxylation sites is 1. The van der Waals surface area contributed by atoms with Crippen molar-refractivity contribution in [3.63, 3.8) is 0 Å². The number of methoxy groups -OCH3 is 1. The summed E-state index contributed by atoms with van der Waals surface area (Å²) in [6.45, 7) is 0. The highest BCUT2D eigenvalue weighted by atomic mass is 16.5. The predicted molar refractivity (Wildman–Crippen MR) is 78.0 cm³/mol. The van der Waals surface area contributed by atoms with Crippen molar-refractivity contribution < 1.29 is 18.7 Å². The van der Waals surface area contributed by atoms with E-state index in [4.69, 9.17) is 10.2 Å².